The van der Waals surface area contributed by atoms with Crippen LogP contribution in [-0.2, 0) is 9.53 Å². The first-order valence-electron chi connectivity index (χ1n) is 13.2. The van der Waals surface area contributed by atoms with Crippen molar-refractivity contribution in [2.45, 2.75) is 89.6 Å². The number of aliphatic hydroxyl groups is 2. The molecular weight excluding hydrogens is 444 g/mol. The Labute approximate surface area is 209 Å². The summed E-state index contributed by atoms with van der Waals surface area (Å²) in [5, 5.41) is 29.2. The number of carboxylic acids is 1. The largest absolute Gasteiger partial charge is 0.488 e. The van der Waals surface area contributed by atoms with Crippen molar-refractivity contribution in [3.05, 3.63) is 54.1 Å². The molecule has 0 heterocycles. The molecule has 35 heavy (non-hydrogen) atoms. The van der Waals surface area contributed by atoms with Crippen molar-refractivity contribution < 1.29 is 29.6 Å². The van der Waals surface area contributed by atoms with Gasteiger partial charge in [0.15, 0.2) is 0 Å². The lowest BCUT2D eigenvalue weighted by Gasteiger charge is -2.42. The van der Waals surface area contributed by atoms with Gasteiger partial charge in [0, 0.05) is 5.92 Å². The molecule has 0 bridgehead atoms. The van der Waals surface area contributed by atoms with E-state index in [1.54, 1.807) is 0 Å². The van der Waals surface area contributed by atoms with Crippen LogP contribution in [0.2, 0.25) is 0 Å². The highest BCUT2D eigenvalue weighted by atomic mass is 16.5. The minimum atomic E-state index is -1.05. The Morgan fingerprint density at radius 1 is 1.14 bits per heavy atom. The number of allylic oxidation sites excluding steroid dienone is 3. The molecule has 3 N–H and O–H groups in total. The second-order valence-electron chi connectivity index (χ2n) is 10.1. The summed E-state index contributed by atoms with van der Waals surface area (Å²) in [4.78, 5) is 10.8. The van der Waals surface area contributed by atoms with E-state index in [0.29, 0.717) is 24.9 Å². The third-order valence-electron chi connectivity index (χ3n) is 7.29. The molecule has 7 atom stereocenters. The number of hydrogen-bond donors (Lipinski definition) is 3. The predicted octanol–water partition coefficient (Wildman–Crippen LogP) is 5.14. The smallest absolute Gasteiger partial charge is 0.305 e. The van der Waals surface area contributed by atoms with Gasteiger partial charge in [-0.3, -0.25) is 4.79 Å². The van der Waals surface area contributed by atoms with Crippen molar-refractivity contribution in [3.63, 3.8) is 0 Å². The van der Waals surface area contributed by atoms with Crippen LogP contribution in [-0.4, -0.2) is 52.3 Å². The molecule has 194 valence electrons. The number of carbonyl (C=O) groups is 1. The van der Waals surface area contributed by atoms with Crippen molar-refractivity contribution in [2.24, 2.45) is 17.8 Å². The molecule has 2 aliphatic carbocycles. The van der Waals surface area contributed by atoms with E-state index in [1.165, 1.54) is 5.57 Å². The number of carboxylic acid groups (broad SMARTS) is 1. The molecule has 3 rings (SSSR count). The van der Waals surface area contributed by atoms with E-state index in [4.69, 9.17) is 14.6 Å². The Morgan fingerprint density at radius 3 is 2.63 bits per heavy atom. The standard InChI is InChI=1S/C29H42O6/c1-3-8-25(35-24-10-5-4-6-11-24)19-34-27-12-7-9-21-14-13-20(2)26(29(21)27)16-15-22(30)17-23(31)18-28(32)33/h4-6,9-11,13-14,20,22-23,25-27,29-31H,3,7-8,12,15-19H2,1-2H3,(H,32,33). The van der Waals surface area contributed by atoms with Gasteiger partial charge in [0.25, 0.3) is 0 Å². The molecule has 0 spiro atoms. The average Bonchev–Trinajstić information content (AvgIpc) is 2.82. The van der Waals surface area contributed by atoms with Crippen molar-refractivity contribution in [3.8, 4) is 5.75 Å². The van der Waals surface area contributed by atoms with Crippen LogP contribution < -0.4 is 4.74 Å². The zero-order valence-corrected chi connectivity index (χ0v) is 21.1. The molecular formula is C29H42O6. The van der Waals surface area contributed by atoms with Crippen molar-refractivity contribution in [1.82, 2.24) is 0 Å². The topological polar surface area (TPSA) is 96.2 Å². The first-order valence-corrected chi connectivity index (χ1v) is 13.2. The summed E-state index contributed by atoms with van der Waals surface area (Å²) >= 11 is 0. The summed E-state index contributed by atoms with van der Waals surface area (Å²) in [5.74, 6) is 0.751. The van der Waals surface area contributed by atoms with Gasteiger partial charge >= 0.3 is 5.97 Å². The number of fused-ring (bicyclic) bond motifs is 1. The van der Waals surface area contributed by atoms with Crippen LogP contribution in [0.1, 0.15) is 65.2 Å². The fraction of sp³-hybridized carbons (Fsp3) is 0.621. The Bertz CT molecular complexity index is 835. The molecule has 0 saturated heterocycles. The maximum Gasteiger partial charge on any atom is 0.305 e. The van der Waals surface area contributed by atoms with Crippen molar-refractivity contribution in [2.75, 3.05) is 6.61 Å². The van der Waals surface area contributed by atoms with Gasteiger partial charge in [0.1, 0.15) is 11.9 Å². The number of rotatable bonds is 14. The second kappa shape index (κ2) is 13.8. The van der Waals surface area contributed by atoms with E-state index in [9.17, 15) is 15.0 Å². The lowest BCUT2D eigenvalue weighted by atomic mass is 9.66. The Kier molecular flexibility index (Phi) is 10.8. The van der Waals surface area contributed by atoms with E-state index in [2.05, 4.69) is 32.1 Å². The van der Waals surface area contributed by atoms with Gasteiger partial charge in [-0.15, -0.1) is 0 Å². The molecule has 1 aromatic carbocycles. The SMILES string of the molecule is CCCC(COC1CCC=C2C=CC(C)C(CCC(O)CC(O)CC(=O)O)C21)Oc1ccccc1. The van der Waals surface area contributed by atoms with E-state index in [-0.39, 0.29) is 31.0 Å². The van der Waals surface area contributed by atoms with Gasteiger partial charge in [-0.2, -0.15) is 0 Å². The van der Waals surface area contributed by atoms with Crippen LogP contribution in [0.5, 0.6) is 5.75 Å². The molecule has 0 fully saturated rings. The lowest BCUT2D eigenvalue weighted by molar-refractivity contribution is -0.139. The summed E-state index contributed by atoms with van der Waals surface area (Å²) in [6.45, 7) is 4.92. The summed E-state index contributed by atoms with van der Waals surface area (Å²) < 4.78 is 12.8. The number of aliphatic carboxylic acids is 1. The zero-order chi connectivity index (χ0) is 25.2. The molecule has 0 amide bonds. The number of para-hydroxylation sites is 1. The molecule has 0 aromatic heterocycles. The van der Waals surface area contributed by atoms with Gasteiger partial charge in [0.05, 0.1) is 31.3 Å². The summed E-state index contributed by atoms with van der Waals surface area (Å²) in [6.07, 6.45) is 10.2. The maximum absolute atomic E-state index is 10.8. The normalized spacial score (nSPS) is 26.3. The van der Waals surface area contributed by atoms with E-state index in [0.717, 1.165) is 37.9 Å². The minimum Gasteiger partial charge on any atom is -0.488 e. The Hall–Kier alpha value is -2.15. The highest BCUT2D eigenvalue weighted by molar-refractivity contribution is 5.67. The minimum absolute atomic E-state index is 0.00399. The molecule has 0 saturated carbocycles. The molecule has 2 aliphatic rings. The van der Waals surface area contributed by atoms with Crippen LogP contribution in [0.15, 0.2) is 54.1 Å². The van der Waals surface area contributed by atoms with Gasteiger partial charge in [0.2, 0.25) is 0 Å². The van der Waals surface area contributed by atoms with Crippen molar-refractivity contribution >= 4 is 5.97 Å². The Balaban J connectivity index is 1.61. The van der Waals surface area contributed by atoms with E-state index < -0.39 is 18.2 Å². The van der Waals surface area contributed by atoms with Gasteiger partial charge in [-0.1, -0.05) is 56.7 Å². The number of hydrogen-bond acceptors (Lipinski definition) is 5. The molecule has 7 unspecified atom stereocenters. The van der Waals surface area contributed by atoms with Crippen LogP contribution in [0.4, 0.5) is 0 Å². The number of aliphatic hydroxyl groups excluding tert-OH is 2. The molecule has 0 radical (unpaired) electrons. The molecule has 6 nitrogen and oxygen atoms in total. The average molecular weight is 487 g/mol. The van der Waals surface area contributed by atoms with E-state index in [1.807, 2.05) is 30.3 Å². The van der Waals surface area contributed by atoms with Crippen LogP contribution in [0.25, 0.3) is 0 Å². The number of ether oxygens (including phenoxy) is 2. The zero-order valence-electron chi connectivity index (χ0n) is 21.1. The van der Waals surface area contributed by atoms with Gasteiger partial charge in [-0.05, 0) is 68.1 Å². The van der Waals surface area contributed by atoms with Crippen molar-refractivity contribution in [1.29, 1.82) is 0 Å². The summed E-state index contributed by atoms with van der Waals surface area (Å²) in [6, 6.07) is 9.90. The first kappa shape index (κ1) is 27.4. The third kappa shape index (κ3) is 8.48. The summed E-state index contributed by atoms with van der Waals surface area (Å²) in [5.41, 5.74) is 1.32. The number of benzene rings is 1. The molecule has 1 aromatic rings. The molecule has 0 aliphatic heterocycles. The van der Waals surface area contributed by atoms with Gasteiger partial charge < -0.3 is 24.8 Å². The maximum atomic E-state index is 10.8. The lowest BCUT2D eigenvalue weighted by Crippen LogP contribution is -2.40. The predicted molar refractivity (Wildman–Crippen MR) is 136 cm³/mol. The first-order chi connectivity index (χ1) is 16.9. The quantitative estimate of drug-likeness (QED) is 0.337. The van der Waals surface area contributed by atoms with Gasteiger partial charge in [-0.25, -0.2) is 0 Å². The Morgan fingerprint density at radius 2 is 1.91 bits per heavy atom. The van der Waals surface area contributed by atoms with Crippen LogP contribution in [0, 0.1) is 17.8 Å². The van der Waals surface area contributed by atoms with E-state index >= 15 is 0 Å². The monoisotopic (exact) mass is 486 g/mol. The third-order valence-corrected chi connectivity index (χ3v) is 7.29. The fourth-order valence-electron chi connectivity index (χ4n) is 5.53. The van der Waals surface area contributed by atoms with Crippen LogP contribution >= 0.6 is 0 Å². The highest BCUT2D eigenvalue weighted by Crippen LogP contribution is 2.43. The molecule has 6 heteroatoms. The highest BCUT2D eigenvalue weighted by Gasteiger charge is 2.39. The van der Waals surface area contributed by atoms with Crippen LogP contribution in [0.3, 0.4) is 0 Å². The summed E-state index contributed by atoms with van der Waals surface area (Å²) in [7, 11) is 0. The second-order valence-corrected chi connectivity index (χ2v) is 10.1. The fourth-order valence-corrected chi connectivity index (χ4v) is 5.53.